The Labute approximate surface area is 118 Å². The number of anilines is 1. The molecule has 0 saturated carbocycles. The van der Waals surface area contributed by atoms with E-state index in [0.29, 0.717) is 15.0 Å². The lowest BCUT2D eigenvalue weighted by atomic mass is 10.3. The summed E-state index contributed by atoms with van der Waals surface area (Å²) in [6.07, 6.45) is 0. The smallest absolute Gasteiger partial charge is 0.266 e. The number of rotatable bonds is 2. The van der Waals surface area contributed by atoms with E-state index in [2.05, 4.69) is 37.2 Å². The molecule has 1 amide bonds. The second kappa shape index (κ2) is 5.29. The largest absolute Gasteiger partial charge is 0.321 e. The molecular weight excluding hydrogens is 373 g/mol. The summed E-state index contributed by atoms with van der Waals surface area (Å²) in [6.45, 7) is 0. The number of nitrogens with one attached hydrogen (secondary N) is 1. The van der Waals surface area contributed by atoms with Crippen LogP contribution in [-0.2, 0) is 0 Å². The molecule has 17 heavy (non-hydrogen) atoms. The Bertz CT molecular complexity index is 570. The fraction of sp³-hybridized carbons (Fsp3) is 0. The molecule has 2 rings (SSSR count). The molecule has 1 N–H and O–H groups in total. The highest BCUT2D eigenvalue weighted by atomic mass is 79.9. The van der Waals surface area contributed by atoms with E-state index in [9.17, 15) is 9.18 Å². The molecule has 0 fully saturated rings. The van der Waals surface area contributed by atoms with Crippen LogP contribution in [0.2, 0.25) is 0 Å². The zero-order chi connectivity index (χ0) is 12.4. The van der Waals surface area contributed by atoms with Gasteiger partial charge in [-0.25, -0.2) is 4.39 Å². The number of hydrogen-bond acceptors (Lipinski definition) is 2. The molecule has 1 heterocycles. The van der Waals surface area contributed by atoms with Crippen LogP contribution in [0, 0.1) is 5.82 Å². The van der Waals surface area contributed by atoms with Gasteiger partial charge in [0.15, 0.2) is 0 Å². The summed E-state index contributed by atoms with van der Waals surface area (Å²) in [6, 6.07) is 6.24. The molecule has 0 unspecified atom stereocenters. The van der Waals surface area contributed by atoms with Gasteiger partial charge in [-0.15, -0.1) is 11.3 Å². The van der Waals surface area contributed by atoms with Gasteiger partial charge in [0.25, 0.3) is 5.91 Å². The van der Waals surface area contributed by atoms with Crippen molar-refractivity contribution in [2.45, 2.75) is 0 Å². The maximum Gasteiger partial charge on any atom is 0.266 e. The minimum absolute atomic E-state index is 0.256. The van der Waals surface area contributed by atoms with Gasteiger partial charge in [0.1, 0.15) is 10.7 Å². The van der Waals surface area contributed by atoms with Gasteiger partial charge >= 0.3 is 0 Å². The first-order valence-electron chi connectivity index (χ1n) is 4.57. The van der Waals surface area contributed by atoms with E-state index >= 15 is 0 Å². The number of halogens is 3. The summed E-state index contributed by atoms with van der Waals surface area (Å²) in [5, 5.41) is 4.44. The van der Waals surface area contributed by atoms with Crippen LogP contribution >= 0.6 is 43.2 Å². The average molecular weight is 379 g/mol. The van der Waals surface area contributed by atoms with Crippen LogP contribution in [0.15, 0.2) is 38.6 Å². The minimum atomic E-state index is -0.409. The third kappa shape index (κ3) is 2.94. The summed E-state index contributed by atoms with van der Waals surface area (Å²) >= 11 is 7.65. The van der Waals surface area contributed by atoms with Crippen molar-refractivity contribution in [2.24, 2.45) is 0 Å². The first kappa shape index (κ1) is 12.7. The lowest BCUT2D eigenvalue weighted by molar-refractivity contribution is 0.103. The van der Waals surface area contributed by atoms with Crippen molar-refractivity contribution in [3.05, 3.63) is 49.3 Å². The van der Waals surface area contributed by atoms with Gasteiger partial charge in [-0.05, 0) is 61.5 Å². The number of carbonyl (C=O) groups excluding carboxylic acids is 1. The second-order valence-corrected chi connectivity index (χ2v) is 5.81. The van der Waals surface area contributed by atoms with Crippen molar-refractivity contribution < 1.29 is 9.18 Å². The van der Waals surface area contributed by atoms with Gasteiger partial charge in [-0.2, -0.15) is 0 Å². The molecule has 6 heteroatoms. The molecule has 2 nitrogen and oxygen atoms in total. The lowest BCUT2D eigenvalue weighted by Crippen LogP contribution is -2.10. The molecule has 0 spiro atoms. The van der Waals surface area contributed by atoms with Gasteiger partial charge < -0.3 is 5.32 Å². The Morgan fingerprint density at radius 2 is 2.00 bits per heavy atom. The topological polar surface area (TPSA) is 29.1 Å². The molecule has 2 aromatic rings. The molecule has 88 valence electrons. The Kier molecular flexibility index (Phi) is 3.96. The highest BCUT2D eigenvalue weighted by Gasteiger charge is 2.12. The maximum absolute atomic E-state index is 13.2. The highest BCUT2D eigenvalue weighted by molar-refractivity contribution is 9.10. The summed E-state index contributed by atoms with van der Waals surface area (Å²) in [7, 11) is 0. The fourth-order valence-electron chi connectivity index (χ4n) is 1.22. The molecular formula is C11H6Br2FNOS. The first-order valence-corrected chi connectivity index (χ1v) is 7.04. The number of benzene rings is 1. The van der Waals surface area contributed by atoms with Crippen LogP contribution in [0.1, 0.15) is 9.67 Å². The van der Waals surface area contributed by atoms with Crippen molar-refractivity contribution in [3.8, 4) is 0 Å². The van der Waals surface area contributed by atoms with Gasteiger partial charge in [0.05, 0.1) is 4.47 Å². The zero-order valence-electron chi connectivity index (χ0n) is 8.34. The fourth-order valence-corrected chi connectivity index (χ4v) is 2.91. The molecule has 0 radical (unpaired) electrons. The van der Waals surface area contributed by atoms with E-state index in [-0.39, 0.29) is 5.91 Å². The Morgan fingerprint density at radius 1 is 1.24 bits per heavy atom. The van der Waals surface area contributed by atoms with Crippen molar-refractivity contribution in [3.63, 3.8) is 0 Å². The zero-order valence-corrected chi connectivity index (χ0v) is 12.3. The van der Waals surface area contributed by atoms with Crippen LogP contribution in [0.5, 0.6) is 0 Å². The predicted molar refractivity (Wildman–Crippen MR) is 74.1 cm³/mol. The molecule has 0 aliphatic heterocycles. The average Bonchev–Trinajstić information content (AvgIpc) is 2.70. The normalized spacial score (nSPS) is 10.3. The van der Waals surface area contributed by atoms with E-state index in [1.807, 2.05) is 0 Å². The third-order valence-corrected chi connectivity index (χ3v) is 4.48. The molecule has 1 aromatic heterocycles. The van der Waals surface area contributed by atoms with Crippen LogP contribution < -0.4 is 5.32 Å². The summed E-state index contributed by atoms with van der Waals surface area (Å²) in [5.41, 5.74) is 0.427. The number of amides is 1. The van der Waals surface area contributed by atoms with Crippen LogP contribution in [0.3, 0.4) is 0 Å². The van der Waals surface area contributed by atoms with E-state index in [0.717, 1.165) is 4.47 Å². The minimum Gasteiger partial charge on any atom is -0.321 e. The maximum atomic E-state index is 13.2. The van der Waals surface area contributed by atoms with E-state index < -0.39 is 5.82 Å². The molecule has 0 aliphatic rings. The van der Waals surface area contributed by atoms with Crippen molar-refractivity contribution in [2.75, 3.05) is 5.32 Å². The quantitative estimate of drug-likeness (QED) is 0.808. The predicted octanol–water partition coefficient (Wildman–Crippen LogP) is 4.66. The molecule has 0 saturated heterocycles. The van der Waals surface area contributed by atoms with Crippen molar-refractivity contribution >= 4 is 54.8 Å². The van der Waals surface area contributed by atoms with Gasteiger partial charge in [-0.3, -0.25) is 4.79 Å². The van der Waals surface area contributed by atoms with Gasteiger partial charge in [0, 0.05) is 10.2 Å². The van der Waals surface area contributed by atoms with E-state index in [1.54, 1.807) is 23.6 Å². The molecule has 0 bridgehead atoms. The van der Waals surface area contributed by atoms with E-state index in [1.165, 1.54) is 17.4 Å². The first-order chi connectivity index (χ1) is 8.08. The summed E-state index contributed by atoms with van der Waals surface area (Å²) < 4.78 is 14.3. The second-order valence-electron chi connectivity index (χ2n) is 3.18. The SMILES string of the molecule is O=C(Nc1ccc(Br)c(F)c1)c1sccc1Br. The lowest BCUT2D eigenvalue weighted by Gasteiger charge is -2.04. The molecule has 0 atom stereocenters. The number of thiophene rings is 1. The van der Waals surface area contributed by atoms with E-state index in [4.69, 9.17) is 0 Å². The van der Waals surface area contributed by atoms with Gasteiger partial charge in [0.2, 0.25) is 0 Å². The van der Waals surface area contributed by atoms with Crippen molar-refractivity contribution in [1.29, 1.82) is 0 Å². The summed E-state index contributed by atoms with van der Waals surface area (Å²) in [5.74, 6) is -0.665. The Morgan fingerprint density at radius 3 is 2.59 bits per heavy atom. The van der Waals surface area contributed by atoms with Crippen LogP contribution in [0.4, 0.5) is 10.1 Å². The molecule has 0 aliphatic carbocycles. The van der Waals surface area contributed by atoms with Crippen molar-refractivity contribution in [1.82, 2.24) is 0 Å². The monoisotopic (exact) mass is 377 g/mol. The third-order valence-electron chi connectivity index (χ3n) is 2.00. The highest BCUT2D eigenvalue weighted by Crippen LogP contribution is 2.25. The Hall–Kier alpha value is -0.720. The van der Waals surface area contributed by atoms with Crippen LogP contribution in [0.25, 0.3) is 0 Å². The Balaban J connectivity index is 2.19. The molecule has 1 aromatic carbocycles. The summed E-state index contributed by atoms with van der Waals surface area (Å²) in [4.78, 5) is 12.4. The number of carbonyl (C=O) groups is 1. The number of hydrogen-bond donors (Lipinski definition) is 1. The van der Waals surface area contributed by atoms with Gasteiger partial charge in [-0.1, -0.05) is 0 Å². The standard InChI is InChI=1S/C11H6Br2FNOS/c12-7-2-1-6(5-9(7)14)15-11(16)10-8(13)3-4-17-10/h1-5H,(H,15,16). The van der Waals surface area contributed by atoms with Crippen LogP contribution in [-0.4, -0.2) is 5.91 Å².